The summed E-state index contributed by atoms with van der Waals surface area (Å²) in [5.41, 5.74) is 0. The van der Waals surface area contributed by atoms with E-state index in [1.54, 1.807) is 0 Å². The van der Waals surface area contributed by atoms with Crippen molar-refractivity contribution in [2.45, 2.75) is 0 Å². The summed E-state index contributed by atoms with van der Waals surface area (Å²) < 4.78 is 41.7. The third-order valence-corrected chi connectivity index (χ3v) is 3.60. The summed E-state index contributed by atoms with van der Waals surface area (Å²) in [5, 5.41) is 16.7. The number of carbonyl (C=O) groups is 1. The van der Waals surface area contributed by atoms with Crippen LogP contribution < -0.4 is 34.7 Å². The Kier molecular flexibility index (Phi) is 41.4. The van der Waals surface area contributed by atoms with Gasteiger partial charge in [-0.05, 0) is 6.16 Å². The first kappa shape index (κ1) is 72.6. The van der Waals surface area contributed by atoms with Gasteiger partial charge in [0.25, 0.3) is 7.82 Å². The first-order chi connectivity index (χ1) is 21.1. The highest BCUT2D eigenvalue weighted by Crippen LogP contribution is 2.57. The molecule has 0 aliphatic heterocycles. The molecule has 0 aliphatic carbocycles. The normalized spacial score (nSPS) is 12.2. The smallest absolute Gasteiger partial charge is 0.275 e. The molecule has 0 saturated carbocycles. The van der Waals surface area contributed by atoms with Crippen LogP contribution in [0.4, 0.5) is 4.79 Å². The molecule has 0 unspecified atom stereocenters. The molecule has 0 radical (unpaired) electrons. The molecule has 0 fully saturated rings. The fraction of sp³-hybridized carbons (Fsp3) is 0.966. The Morgan fingerprint density at radius 3 is 0.423 bits per heavy atom. The molecule has 0 rings (SSSR count). The molecule has 0 bridgehead atoms. The van der Waals surface area contributed by atoms with E-state index in [1.807, 2.05) is 0 Å². The minimum Gasteiger partial charge on any atom is -0.790 e. The molecule has 0 amide bonds. The second-order valence-electron chi connectivity index (χ2n) is 20.5. The Hall–Kier alpha value is -0.600. The van der Waals surface area contributed by atoms with Gasteiger partial charge < -0.3 is 80.0 Å². The molecule has 23 heteroatoms. The lowest BCUT2D eigenvalue weighted by Crippen LogP contribution is -2.37. The van der Waals surface area contributed by atoms with E-state index in [1.165, 1.54) is 0 Å². The largest absolute Gasteiger partial charge is 0.790 e. The van der Waals surface area contributed by atoms with Crippen LogP contribution >= 0.6 is 23.5 Å². The van der Waals surface area contributed by atoms with Gasteiger partial charge in [-0.25, -0.2) is 0 Å². The zero-order chi connectivity index (χ0) is 46.0. The Labute approximate surface area is 319 Å². The number of rotatable bonds is 4. The van der Waals surface area contributed by atoms with Crippen molar-refractivity contribution in [1.29, 1.82) is 0 Å². The van der Waals surface area contributed by atoms with E-state index in [4.69, 9.17) is 15.0 Å². The highest BCUT2D eigenvalue weighted by Gasteiger charge is 2.13. The third kappa shape index (κ3) is 890. The van der Waals surface area contributed by atoms with Crippen molar-refractivity contribution in [1.82, 2.24) is 0 Å². The molecule has 0 aliphatic rings. The molecule has 328 valence electrons. The molecule has 0 N–H and O–H groups in total. The standard InChI is InChI=1S/7C4H12N.CH2O3.H5O10P3/c7*1-5(2,3)4;2-1(3)4;1-11(2,3)9-13(7,8)10-12(4,5)6/h7*1-4H3;(H2,2,3,4);(H,7,8)(H2,1,2,3)(H2,4,5,6)/q7*+1;;/p-7. The van der Waals surface area contributed by atoms with E-state index in [2.05, 4.69) is 206 Å². The summed E-state index contributed by atoms with van der Waals surface area (Å²) in [5.74, 6) is 0. The molecule has 0 spiro atoms. The van der Waals surface area contributed by atoms with E-state index in [0.29, 0.717) is 0 Å². The second-order valence-corrected chi connectivity index (χ2v) is 24.5. The number of quaternary nitrogens is 7. The van der Waals surface area contributed by atoms with Crippen LogP contribution in [0.25, 0.3) is 0 Å². The summed E-state index contributed by atoms with van der Waals surface area (Å²) >= 11 is 0. The van der Waals surface area contributed by atoms with E-state index in [0.717, 1.165) is 31.4 Å². The van der Waals surface area contributed by atoms with Crippen LogP contribution in [0.2, 0.25) is 0 Å². The van der Waals surface area contributed by atoms with Crippen LogP contribution in [0, 0.1) is 0 Å². The predicted octanol–water partition coefficient (Wildman–Crippen LogP) is -4.04. The topological polar surface area (TPSA) is 248 Å². The molecule has 52 heavy (non-hydrogen) atoms. The van der Waals surface area contributed by atoms with Crippen molar-refractivity contribution in [2.75, 3.05) is 197 Å². The number of hydrogen-bond donors (Lipinski definition) is 0. The average Bonchev–Trinajstić information content (AvgIpc) is 2.43. The van der Waals surface area contributed by atoms with Crippen molar-refractivity contribution in [2.24, 2.45) is 0 Å². The van der Waals surface area contributed by atoms with Gasteiger partial charge >= 0.3 is 0 Å². The number of carbonyl (C=O) groups excluding carboxylic acids is 1. The Balaban J connectivity index is -0.0000000593. The molecule has 0 aromatic heterocycles. The molecule has 0 saturated heterocycles. The number of carboxylic acid groups (broad SMARTS) is 2. The fourth-order valence-electron chi connectivity index (χ4n) is 0.260. The SMILES string of the molecule is C[N+](C)(C)C.C[N+](C)(C)C.C[N+](C)(C)C.C[N+](C)(C)C.C[N+](C)(C)C.C[N+](C)(C)C.C[N+](C)(C)C.O=C([O-])[O-].O=P([O-])([O-])OP(=O)([O-])OP(=O)([O-])[O-]. The van der Waals surface area contributed by atoms with Gasteiger partial charge in [0.15, 0.2) is 0 Å². The maximum atomic E-state index is 10.1. The molecule has 0 heterocycles. The summed E-state index contributed by atoms with van der Waals surface area (Å²) in [4.78, 5) is 57.0. The summed E-state index contributed by atoms with van der Waals surface area (Å²) in [6, 6.07) is 0. The lowest BCUT2D eigenvalue weighted by Gasteiger charge is -2.40. The Morgan fingerprint density at radius 2 is 0.385 bits per heavy atom. The van der Waals surface area contributed by atoms with E-state index < -0.39 is 29.6 Å². The van der Waals surface area contributed by atoms with E-state index >= 15 is 0 Å². The van der Waals surface area contributed by atoms with E-state index in [9.17, 15) is 38.2 Å². The summed E-state index contributed by atoms with van der Waals surface area (Å²) in [6.07, 6.45) is -2.33. The summed E-state index contributed by atoms with van der Waals surface area (Å²) in [6.45, 7) is 0. The van der Waals surface area contributed by atoms with Gasteiger partial charge in [0, 0.05) is 0 Å². The average molecular weight is 832 g/mol. The predicted molar refractivity (Wildman–Crippen MR) is 198 cm³/mol. The van der Waals surface area contributed by atoms with Crippen molar-refractivity contribution < 1.29 is 93.2 Å². The van der Waals surface area contributed by atoms with Gasteiger partial charge in [-0.15, -0.1) is 0 Å². The van der Waals surface area contributed by atoms with Gasteiger partial charge in [0.2, 0.25) is 0 Å². The lowest BCUT2D eigenvalue weighted by atomic mass is 10.8. The van der Waals surface area contributed by atoms with Crippen molar-refractivity contribution in [3.05, 3.63) is 0 Å². The number of hydrogen-bond acceptors (Lipinski definition) is 13. The molecular formula is C29H84N7O13P3. The highest BCUT2D eigenvalue weighted by molar-refractivity contribution is 7.64. The zero-order valence-corrected chi connectivity index (χ0v) is 41.0. The van der Waals surface area contributed by atoms with Crippen LogP contribution in [-0.4, -0.2) is 235 Å². The van der Waals surface area contributed by atoms with Crippen molar-refractivity contribution in [3.8, 4) is 0 Å². The minimum atomic E-state index is -5.97. The third-order valence-electron chi connectivity index (χ3n) is 0.400. The monoisotopic (exact) mass is 832 g/mol. The van der Waals surface area contributed by atoms with Gasteiger partial charge in [-0.3, -0.25) is 13.2 Å². The molecular weight excluding hydrogens is 747 g/mol. The minimum absolute atomic E-state index is 1.00. The molecule has 0 aromatic rings. The van der Waals surface area contributed by atoms with Gasteiger partial charge in [0.1, 0.15) is 0 Å². The number of phosphoric acid groups is 3. The summed E-state index contributed by atoms with van der Waals surface area (Å²) in [7, 11) is 41.6. The Bertz CT molecular complexity index is 802. The zero-order valence-electron chi connectivity index (χ0n) is 38.3. The van der Waals surface area contributed by atoms with Crippen molar-refractivity contribution >= 4 is 29.6 Å². The highest BCUT2D eigenvalue weighted by atomic mass is 31.3. The lowest BCUT2D eigenvalue weighted by molar-refractivity contribution is -0.849. The maximum Gasteiger partial charge on any atom is 0.275 e. The second kappa shape index (κ2) is 29.7. The van der Waals surface area contributed by atoms with Crippen LogP contribution in [-0.2, 0) is 22.3 Å². The quantitative estimate of drug-likeness (QED) is 0.194. The van der Waals surface area contributed by atoms with Gasteiger partial charge in [0.05, 0.1) is 213 Å². The van der Waals surface area contributed by atoms with Crippen LogP contribution in [0.5, 0.6) is 0 Å². The van der Waals surface area contributed by atoms with Crippen LogP contribution in [0.1, 0.15) is 0 Å². The number of nitrogens with zero attached hydrogens (tertiary/aromatic N) is 7. The molecule has 0 aromatic carbocycles. The first-order valence-corrected chi connectivity index (χ1v) is 19.7. The van der Waals surface area contributed by atoms with E-state index in [-0.39, 0.29) is 0 Å². The fourth-order valence-corrected chi connectivity index (χ4v) is 2.61. The van der Waals surface area contributed by atoms with Gasteiger partial charge in [-0.2, -0.15) is 0 Å². The first-order valence-electron chi connectivity index (χ1n) is 15.3. The molecule has 0 atom stereocenters. The van der Waals surface area contributed by atoms with Gasteiger partial charge in [-0.1, -0.05) is 0 Å². The Morgan fingerprint density at radius 1 is 0.327 bits per heavy atom. The van der Waals surface area contributed by atoms with Crippen LogP contribution in [0.3, 0.4) is 0 Å². The molecule has 20 nitrogen and oxygen atoms in total. The van der Waals surface area contributed by atoms with Crippen LogP contribution in [0.15, 0.2) is 0 Å². The maximum absolute atomic E-state index is 10.1. The van der Waals surface area contributed by atoms with Crippen molar-refractivity contribution in [3.63, 3.8) is 0 Å².